The third-order valence-corrected chi connectivity index (χ3v) is 4.00. The summed E-state index contributed by atoms with van der Waals surface area (Å²) >= 11 is 0. The number of nitrogens with one attached hydrogen (secondary N) is 1. The molecule has 2 rings (SSSR count). The van der Waals surface area contributed by atoms with Crippen LogP contribution in [-0.2, 0) is 4.74 Å². The van der Waals surface area contributed by atoms with Gasteiger partial charge in [-0.15, -0.1) is 0 Å². The normalized spacial score (nSPS) is 20.2. The summed E-state index contributed by atoms with van der Waals surface area (Å²) in [5, 5.41) is 3.45. The fraction of sp³-hybridized carbons (Fsp3) is 0.647. The van der Waals surface area contributed by atoms with Crippen LogP contribution in [0.5, 0.6) is 5.75 Å². The monoisotopic (exact) mass is 295 g/mol. The highest BCUT2D eigenvalue weighted by atomic mass is 19.1. The third kappa shape index (κ3) is 4.68. The molecule has 0 amide bonds. The predicted octanol–water partition coefficient (Wildman–Crippen LogP) is 3.83. The Balaban J connectivity index is 2.10. The molecule has 2 unspecified atom stereocenters. The van der Waals surface area contributed by atoms with Crippen LogP contribution < -0.4 is 10.1 Å². The van der Waals surface area contributed by atoms with E-state index in [9.17, 15) is 4.39 Å². The Labute approximate surface area is 126 Å². The fourth-order valence-electron chi connectivity index (χ4n) is 2.81. The van der Waals surface area contributed by atoms with E-state index in [0.717, 1.165) is 38.8 Å². The molecule has 1 saturated heterocycles. The van der Waals surface area contributed by atoms with Crippen molar-refractivity contribution in [2.24, 2.45) is 0 Å². The average Bonchev–Trinajstić information content (AvgIpc) is 2.52. The van der Waals surface area contributed by atoms with Gasteiger partial charge in [-0.2, -0.15) is 0 Å². The van der Waals surface area contributed by atoms with E-state index < -0.39 is 0 Å². The Morgan fingerprint density at radius 2 is 2.29 bits per heavy atom. The summed E-state index contributed by atoms with van der Waals surface area (Å²) in [4.78, 5) is 0. The van der Waals surface area contributed by atoms with Gasteiger partial charge in [0.15, 0.2) is 0 Å². The van der Waals surface area contributed by atoms with E-state index in [-0.39, 0.29) is 18.0 Å². The zero-order valence-electron chi connectivity index (χ0n) is 13.0. The van der Waals surface area contributed by atoms with E-state index in [0.29, 0.717) is 11.3 Å². The lowest BCUT2D eigenvalue weighted by molar-refractivity contribution is 0.00485. The van der Waals surface area contributed by atoms with Gasteiger partial charge in [-0.1, -0.05) is 13.0 Å². The summed E-state index contributed by atoms with van der Waals surface area (Å²) in [5.41, 5.74) is 0.707. The minimum Gasteiger partial charge on any atom is -0.497 e. The second-order valence-corrected chi connectivity index (χ2v) is 5.62. The number of rotatable bonds is 7. The standard InChI is InChI=1S/C17H26FNO2/c1-3-9-19-17(12-14-6-4-5-10-21-14)15-8-7-13(20-2)11-16(15)18/h7-8,11,14,17,19H,3-6,9-10,12H2,1-2H3. The molecule has 1 aliphatic heterocycles. The molecule has 1 heterocycles. The van der Waals surface area contributed by atoms with Gasteiger partial charge in [0.05, 0.1) is 13.2 Å². The van der Waals surface area contributed by atoms with Gasteiger partial charge in [0, 0.05) is 24.3 Å². The van der Waals surface area contributed by atoms with Gasteiger partial charge in [0.2, 0.25) is 0 Å². The second kappa shape index (κ2) is 8.35. The molecule has 1 aliphatic rings. The van der Waals surface area contributed by atoms with Gasteiger partial charge in [-0.3, -0.25) is 0 Å². The van der Waals surface area contributed by atoms with Crippen LogP contribution in [0.4, 0.5) is 4.39 Å². The fourth-order valence-corrected chi connectivity index (χ4v) is 2.81. The molecule has 1 fully saturated rings. The minimum absolute atomic E-state index is 0.000967. The number of hydrogen-bond acceptors (Lipinski definition) is 3. The van der Waals surface area contributed by atoms with Gasteiger partial charge >= 0.3 is 0 Å². The van der Waals surface area contributed by atoms with Crippen molar-refractivity contribution in [2.75, 3.05) is 20.3 Å². The van der Waals surface area contributed by atoms with Gasteiger partial charge in [0.25, 0.3) is 0 Å². The van der Waals surface area contributed by atoms with Gasteiger partial charge < -0.3 is 14.8 Å². The van der Waals surface area contributed by atoms with E-state index in [4.69, 9.17) is 9.47 Å². The molecule has 0 bridgehead atoms. The van der Waals surface area contributed by atoms with E-state index in [1.54, 1.807) is 7.11 Å². The van der Waals surface area contributed by atoms with Crippen molar-refractivity contribution in [1.82, 2.24) is 5.32 Å². The zero-order chi connectivity index (χ0) is 15.1. The average molecular weight is 295 g/mol. The van der Waals surface area contributed by atoms with E-state index in [2.05, 4.69) is 12.2 Å². The van der Waals surface area contributed by atoms with Crippen molar-refractivity contribution in [3.8, 4) is 5.75 Å². The van der Waals surface area contributed by atoms with Crippen LogP contribution in [0.15, 0.2) is 18.2 Å². The van der Waals surface area contributed by atoms with Crippen molar-refractivity contribution < 1.29 is 13.9 Å². The number of ether oxygens (including phenoxy) is 2. The van der Waals surface area contributed by atoms with Crippen LogP contribution in [-0.4, -0.2) is 26.4 Å². The van der Waals surface area contributed by atoms with Gasteiger partial charge in [-0.25, -0.2) is 4.39 Å². The molecular weight excluding hydrogens is 269 g/mol. The lowest BCUT2D eigenvalue weighted by atomic mass is 9.96. The molecule has 0 saturated carbocycles. The summed E-state index contributed by atoms with van der Waals surface area (Å²) in [6, 6.07) is 5.10. The number of hydrogen-bond donors (Lipinski definition) is 1. The summed E-state index contributed by atoms with van der Waals surface area (Å²) < 4.78 is 25.2. The van der Waals surface area contributed by atoms with Crippen molar-refractivity contribution >= 4 is 0 Å². The van der Waals surface area contributed by atoms with Crippen molar-refractivity contribution in [3.63, 3.8) is 0 Å². The maximum Gasteiger partial charge on any atom is 0.131 e. The zero-order valence-corrected chi connectivity index (χ0v) is 13.0. The van der Waals surface area contributed by atoms with Crippen LogP contribution in [0.2, 0.25) is 0 Å². The summed E-state index contributed by atoms with van der Waals surface area (Å²) in [5.74, 6) is 0.346. The Hall–Kier alpha value is -1.13. The van der Waals surface area contributed by atoms with Gasteiger partial charge in [-0.05, 0) is 44.7 Å². The first kappa shape index (κ1) is 16.2. The summed E-state index contributed by atoms with van der Waals surface area (Å²) in [7, 11) is 1.55. The Morgan fingerprint density at radius 1 is 1.43 bits per heavy atom. The predicted molar refractivity (Wildman–Crippen MR) is 82.2 cm³/mol. The lowest BCUT2D eigenvalue weighted by Gasteiger charge is -2.28. The smallest absolute Gasteiger partial charge is 0.131 e. The van der Waals surface area contributed by atoms with E-state index in [1.807, 2.05) is 12.1 Å². The highest BCUT2D eigenvalue weighted by Crippen LogP contribution is 2.28. The maximum atomic E-state index is 14.3. The molecule has 3 nitrogen and oxygen atoms in total. The molecule has 118 valence electrons. The second-order valence-electron chi connectivity index (χ2n) is 5.62. The lowest BCUT2D eigenvalue weighted by Crippen LogP contribution is -2.30. The molecule has 0 radical (unpaired) electrons. The topological polar surface area (TPSA) is 30.5 Å². The van der Waals surface area contributed by atoms with Crippen LogP contribution >= 0.6 is 0 Å². The first-order chi connectivity index (χ1) is 10.2. The van der Waals surface area contributed by atoms with E-state index in [1.165, 1.54) is 12.5 Å². The molecule has 21 heavy (non-hydrogen) atoms. The Kier molecular flexibility index (Phi) is 6.46. The quantitative estimate of drug-likeness (QED) is 0.829. The summed E-state index contributed by atoms with van der Waals surface area (Å²) in [6.07, 6.45) is 5.50. The van der Waals surface area contributed by atoms with Crippen LogP contribution in [0.3, 0.4) is 0 Å². The van der Waals surface area contributed by atoms with Crippen LogP contribution in [0.25, 0.3) is 0 Å². The molecular formula is C17H26FNO2. The van der Waals surface area contributed by atoms with Crippen LogP contribution in [0, 0.1) is 5.82 Å². The number of benzene rings is 1. The third-order valence-electron chi connectivity index (χ3n) is 4.00. The van der Waals surface area contributed by atoms with Crippen LogP contribution in [0.1, 0.15) is 50.6 Å². The molecule has 0 aromatic heterocycles. The molecule has 1 aromatic rings. The molecule has 0 spiro atoms. The van der Waals surface area contributed by atoms with Crippen molar-refractivity contribution in [3.05, 3.63) is 29.6 Å². The molecule has 1 N–H and O–H groups in total. The van der Waals surface area contributed by atoms with E-state index >= 15 is 0 Å². The first-order valence-electron chi connectivity index (χ1n) is 7.93. The summed E-state index contributed by atoms with van der Waals surface area (Å²) in [6.45, 7) is 3.82. The maximum absolute atomic E-state index is 14.3. The largest absolute Gasteiger partial charge is 0.497 e. The van der Waals surface area contributed by atoms with Crippen molar-refractivity contribution in [2.45, 2.75) is 51.2 Å². The Morgan fingerprint density at radius 3 is 2.90 bits per heavy atom. The SMILES string of the molecule is CCCNC(CC1CCCCO1)c1ccc(OC)cc1F. The highest BCUT2D eigenvalue weighted by molar-refractivity contribution is 5.31. The Bertz CT molecular complexity index is 433. The molecule has 1 aromatic carbocycles. The molecule has 4 heteroatoms. The molecule has 2 atom stereocenters. The number of halogens is 1. The highest BCUT2D eigenvalue weighted by Gasteiger charge is 2.22. The first-order valence-corrected chi connectivity index (χ1v) is 7.93. The minimum atomic E-state index is -0.209. The van der Waals surface area contributed by atoms with Crippen molar-refractivity contribution in [1.29, 1.82) is 0 Å². The molecule has 0 aliphatic carbocycles. The van der Waals surface area contributed by atoms with Gasteiger partial charge in [0.1, 0.15) is 11.6 Å². The number of methoxy groups -OCH3 is 1.